The molecule has 1 aromatic rings. The number of aryl methyl sites for hydroxylation is 1. The maximum atomic E-state index is 12.8. The molecule has 2 aliphatic heterocycles. The van der Waals surface area contributed by atoms with Crippen molar-refractivity contribution in [1.29, 1.82) is 0 Å². The first-order chi connectivity index (χ1) is 10.0. The third kappa shape index (κ3) is 2.25. The summed E-state index contributed by atoms with van der Waals surface area (Å²) in [5.74, 6) is 0.163. The van der Waals surface area contributed by atoms with Crippen molar-refractivity contribution in [3.63, 3.8) is 0 Å². The SMILES string of the molecule is CCc1cnc(C(C)N2C(=O)C3CCCN3C(=O)C2C)s1. The molecule has 2 amide bonds. The van der Waals surface area contributed by atoms with Crippen LogP contribution in [-0.2, 0) is 16.0 Å². The van der Waals surface area contributed by atoms with E-state index in [2.05, 4.69) is 11.9 Å². The van der Waals surface area contributed by atoms with E-state index in [0.29, 0.717) is 0 Å². The molecule has 2 aliphatic rings. The summed E-state index contributed by atoms with van der Waals surface area (Å²) in [7, 11) is 0. The van der Waals surface area contributed by atoms with Gasteiger partial charge in [0.1, 0.15) is 17.1 Å². The molecule has 2 saturated heterocycles. The Kier molecular flexibility index (Phi) is 3.73. The Labute approximate surface area is 129 Å². The summed E-state index contributed by atoms with van der Waals surface area (Å²) in [6.07, 6.45) is 4.54. The summed E-state index contributed by atoms with van der Waals surface area (Å²) in [5, 5.41) is 0.922. The van der Waals surface area contributed by atoms with E-state index >= 15 is 0 Å². The van der Waals surface area contributed by atoms with Gasteiger partial charge in [-0.15, -0.1) is 11.3 Å². The number of carbonyl (C=O) groups excluding carboxylic acids is 2. The smallest absolute Gasteiger partial charge is 0.246 e. The lowest BCUT2D eigenvalue weighted by atomic mass is 10.0. The lowest BCUT2D eigenvalue weighted by Gasteiger charge is -2.43. The van der Waals surface area contributed by atoms with E-state index in [-0.39, 0.29) is 23.9 Å². The normalized spacial score (nSPS) is 27.2. The van der Waals surface area contributed by atoms with Gasteiger partial charge in [-0.1, -0.05) is 6.92 Å². The number of fused-ring (bicyclic) bond motifs is 1. The quantitative estimate of drug-likeness (QED) is 0.858. The lowest BCUT2D eigenvalue weighted by molar-refractivity contribution is -0.161. The molecule has 1 aromatic heterocycles. The molecular weight excluding hydrogens is 286 g/mol. The molecule has 0 aromatic carbocycles. The molecule has 3 atom stereocenters. The zero-order chi connectivity index (χ0) is 15.1. The van der Waals surface area contributed by atoms with Crippen molar-refractivity contribution in [3.8, 4) is 0 Å². The van der Waals surface area contributed by atoms with Gasteiger partial charge in [0.15, 0.2) is 0 Å². The first kappa shape index (κ1) is 14.5. The minimum Gasteiger partial charge on any atom is -0.329 e. The largest absolute Gasteiger partial charge is 0.329 e. The van der Waals surface area contributed by atoms with Gasteiger partial charge < -0.3 is 9.80 Å². The van der Waals surface area contributed by atoms with Gasteiger partial charge in [-0.05, 0) is 33.1 Å². The van der Waals surface area contributed by atoms with Crippen molar-refractivity contribution in [3.05, 3.63) is 16.1 Å². The third-order valence-electron chi connectivity index (χ3n) is 4.54. The number of piperazine rings is 1. The zero-order valence-electron chi connectivity index (χ0n) is 12.7. The van der Waals surface area contributed by atoms with Gasteiger partial charge in [0, 0.05) is 17.6 Å². The van der Waals surface area contributed by atoms with E-state index in [9.17, 15) is 9.59 Å². The van der Waals surface area contributed by atoms with Gasteiger partial charge >= 0.3 is 0 Å². The van der Waals surface area contributed by atoms with Crippen LogP contribution in [0.4, 0.5) is 0 Å². The second-order valence-corrected chi connectivity index (χ2v) is 6.95. The standard InChI is InChI=1S/C15H21N3O2S/c1-4-11-8-16-13(21-11)9(2)18-10(3)14(19)17-7-5-6-12(17)15(18)20/h8-10,12H,4-7H2,1-3H3. The second kappa shape index (κ2) is 5.40. The van der Waals surface area contributed by atoms with Gasteiger partial charge in [0.2, 0.25) is 11.8 Å². The van der Waals surface area contributed by atoms with Crippen molar-refractivity contribution < 1.29 is 9.59 Å². The first-order valence-corrected chi connectivity index (χ1v) is 8.43. The molecule has 0 saturated carbocycles. The summed E-state index contributed by atoms with van der Waals surface area (Å²) in [5.41, 5.74) is 0. The van der Waals surface area contributed by atoms with Gasteiger partial charge in [-0.2, -0.15) is 0 Å². The van der Waals surface area contributed by atoms with Gasteiger partial charge in [0.05, 0.1) is 6.04 Å². The van der Waals surface area contributed by atoms with Crippen LogP contribution < -0.4 is 0 Å². The molecular formula is C15H21N3O2S. The number of thiazole rings is 1. The first-order valence-electron chi connectivity index (χ1n) is 7.61. The topological polar surface area (TPSA) is 53.5 Å². The van der Waals surface area contributed by atoms with Gasteiger partial charge in [0.25, 0.3) is 0 Å². The molecule has 0 spiro atoms. The van der Waals surface area contributed by atoms with Gasteiger partial charge in [-0.25, -0.2) is 4.98 Å². The van der Waals surface area contributed by atoms with E-state index < -0.39 is 6.04 Å². The maximum absolute atomic E-state index is 12.8. The molecule has 114 valence electrons. The number of aromatic nitrogens is 1. The molecule has 0 N–H and O–H groups in total. The van der Waals surface area contributed by atoms with Crippen LogP contribution in [0.1, 0.15) is 49.5 Å². The van der Waals surface area contributed by atoms with E-state index in [1.165, 1.54) is 4.88 Å². The average Bonchev–Trinajstić information content (AvgIpc) is 3.13. The highest BCUT2D eigenvalue weighted by molar-refractivity contribution is 7.11. The molecule has 0 radical (unpaired) electrons. The Hall–Kier alpha value is -1.43. The summed E-state index contributed by atoms with van der Waals surface area (Å²) in [6.45, 7) is 6.62. The molecule has 0 aliphatic carbocycles. The lowest BCUT2D eigenvalue weighted by Crippen LogP contribution is -2.62. The Morgan fingerprint density at radius 1 is 1.43 bits per heavy atom. The van der Waals surface area contributed by atoms with Crippen molar-refractivity contribution in [2.45, 2.75) is 58.2 Å². The molecule has 5 nitrogen and oxygen atoms in total. The predicted molar refractivity (Wildman–Crippen MR) is 81.0 cm³/mol. The molecule has 3 rings (SSSR count). The monoisotopic (exact) mass is 307 g/mol. The minimum absolute atomic E-state index is 0.0798. The minimum atomic E-state index is -0.393. The second-order valence-electron chi connectivity index (χ2n) is 5.81. The van der Waals surface area contributed by atoms with Crippen LogP contribution in [0.3, 0.4) is 0 Å². The summed E-state index contributed by atoms with van der Waals surface area (Å²) in [4.78, 5) is 34.4. The molecule has 6 heteroatoms. The number of carbonyl (C=O) groups is 2. The fraction of sp³-hybridized carbons (Fsp3) is 0.667. The number of nitrogens with zero attached hydrogens (tertiary/aromatic N) is 3. The molecule has 3 unspecified atom stereocenters. The fourth-order valence-corrected chi connectivity index (χ4v) is 4.24. The van der Waals surface area contributed by atoms with Crippen molar-refractivity contribution in [1.82, 2.24) is 14.8 Å². The van der Waals surface area contributed by atoms with Crippen LogP contribution in [-0.4, -0.2) is 45.2 Å². The number of amides is 2. The van der Waals surface area contributed by atoms with Crippen LogP contribution in [0, 0.1) is 0 Å². The highest BCUT2D eigenvalue weighted by atomic mass is 32.1. The predicted octanol–water partition coefficient (Wildman–Crippen LogP) is 1.99. The van der Waals surface area contributed by atoms with E-state index in [0.717, 1.165) is 30.8 Å². The maximum Gasteiger partial charge on any atom is 0.246 e. The molecule has 0 bridgehead atoms. The fourth-order valence-electron chi connectivity index (χ4n) is 3.33. The van der Waals surface area contributed by atoms with Crippen LogP contribution in [0.15, 0.2) is 6.20 Å². The van der Waals surface area contributed by atoms with Crippen molar-refractivity contribution >= 4 is 23.2 Å². The Morgan fingerprint density at radius 2 is 2.19 bits per heavy atom. The van der Waals surface area contributed by atoms with Crippen molar-refractivity contribution in [2.24, 2.45) is 0 Å². The van der Waals surface area contributed by atoms with E-state index in [1.54, 1.807) is 21.1 Å². The summed E-state index contributed by atoms with van der Waals surface area (Å²) >= 11 is 1.64. The average molecular weight is 307 g/mol. The molecule has 2 fully saturated rings. The highest BCUT2D eigenvalue weighted by Gasteiger charge is 2.47. The third-order valence-corrected chi connectivity index (χ3v) is 5.86. The van der Waals surface area contributed by atoms with Crippen LogP contribution in [0.2, 0.25) is 0 Å². The van der Waals surface area contributed by atoms with Crippen LogP contribution >= 0.6 is 11.3 Å². The Bertz CT molecular complexity index is 571. The summed E-state index contributed by atoms with van der Waals surface area (Å²) in [6, 6.07) is -0.776. The van der Waals surface area contributed by atoms with Gasteiger partial charge in [-0.3, -0.25) is 9.59 Å². The van der Waals surface area contributed by atoms with Crippen molar-refractivity contribution in [2.75, 3.05) is 6.54 Å². The summed E-state index contributed by atoms with van der Waals surface area (Å²) < 4.78 is 0. The Morgan fingerprint density at radius 3 is 2.86 bits per heavy atom. The highest BCUT2D eigenvalue weighted by Crippen LogP contribution is 2.34. The van der Waals surface area contributed by atoms with E-state index in [4.69, 9.17) is 0 Å². The molecule has 3 heterocycles. The number of hydrogen-bond donors (Lipinski definition) is 0. The zero-order valence-corrected chi connectivity index (χ0v) is 13.5. The van der Waals surface area contributed by atoms with Crippen LogP contribution in [0.5, 0.6) is 0 Å². The van der Waals surface area contributed by atoms with E-state index in [1.807, 2.05) is 20.0 Å². The number of hydrogen-bond acceptors (Lipinski definition) is 4. The molecule has 21 heavy (non-hydrogen) atoms. The van der Waals surface area contributed by atoms with Crippen LogP contribution in [0.25, 0.3) is 0 Å². The Balaban J connectivity index is 1.89. The number of rotatable bonds is 3.